The Hall–Kier alpha value is 0.110. The molecule has 0 saturated heterocycles. The lowest BCUT2D eigenvalue weighted by molar-refractivity contribution is 0.302. The molecule has 0 bridgehead atoms. The van der Waals surface area contributed by atoms with Crippen LogP contribution < -0.4 is 5.32 Å². The van der Waals surface area contributed by atoms with E-state index >= 15 is 0 Å². The summed E-state index contributed by atoms with van der Waals surface area (Å²) in [5.74, 6) is 0.905. The summed E-state index contributed by atoms with van der Waals surface area (Å²) in [6.07, 6.45) is 5.95. The zero-order chi connectivity index (χ0) is 8.97. The molecule has 2 unspecified atom stereocenters. The SMILES string of the molecule is CC(CNCC1CCC1)S(C)=O. The van der Waals surface area contributed by atoms with Gasteiger partial charge in [0.25, 0.3) is 0 Å². The first-order chi connectivity index (χ1) is 5.70. The van der Waals surface area contributed by atoms with Crippen LogP contribution in [0.4, 0.5) is 0 Å². The molecule has 0 aliphatic heterocycles. The highest BCUT2D eigenvalue weighted by Crippen LogP contribution is 2.24. The maximum Gasteiger partial charge on any atom is 0.0441 e. The normalized spacial score (nSPS) is 23.2. The molecule has 1 saturated carbocycles. The van der Waals surface area contributed by atoms with Crippen molar-refractivity contribution < 1.29 is 4.21 Å². The molecule has 72 valence electrons. The molecule has 0 aromatic carbocycles. The fourth-order valence-electron chi connectivity index (χ4n) is 1.30. The van der Waals surface area contributed by atoms with E-state index in [2.05, 4.69) is 5.32 Å². The Morgan fingerprint density at radius 3 is 2.67 bits per heavy atom. The van der Waals surface area contributed by atoms with Gasteiger partial charge in [0.2, 0.25) is 0 Å². The van der Waals surface area contributed by atoms with Gasteiger partial charge < -0.3 is 5.32 Å². The monoisotopic (exact) mass is 189 g/mol. The summed E-state index contributed by atoms with van der Waals surface area (Å²) in [6.45, 7) is 4.06. The van der Waals surface area contributed by atoms with E-state index in [1.807, 2.05) is 6.92 Å². The molecular formula is C9H19NOS. The summed E-state index contributed by atoms with van der Waals surface area (Å²) in [6, 6.07) is 0. The summed E-state index contributed by atoms with van der Waals surface area (Å²) in [4.78, 5) is 0. The Labute approximate surface area is 77.6 Å². The van der Waals surface area contributed by atoms with Gasteiger partial charge in [-0.15, -0.1) is 0 Å². The van der Waals surface area contributed by atoms with Gasteiger partial charge in [-0.05, 0) is 32.2 Å². The van der Waals surface area contributed by atoms with Crippen molar-refractivity contribution in [2.24, 2.45) is 5.92 Å². The van der Waals surface area contributed by atoms with Gasteiger partial charge in [0.1, 0.15) is 0 Å². The molecule has 3 heteroatoms. The number of hydrogen-bond acceptors (Lipinski definition) is 2. The molecule has 0 heterocycles. The minimum Gasteiger partial charge on any atom is -0.315 e. The van der Waals surface area contributed by atoms with Crippen LogP contribution in [0.15, 0.2) is 0 Å². The van der Waals surface area contributed by atoms with Crippen molar-refractivity contribution in [3.8, 4) is 0 Å². The van der Waals surface area contributed by atoms with Gasteiger partial charge in [-0.1, -0.05) is 6.42 Å². The molecule has 0 radical (unpaired) electrons. The topological polar surface area (TPSA) is 29.1 Å². The Balaban J connectivity index is 1.97. The average Bonchev–Trinajstić information content (AvgIpc) is 1.93. The molecule has 1 rings (SSSR count). The van der Waals surface area contributed by atoms with Crippen LogP contribution in [0.25, 0.3) is 0 Å². The lowest BCUT2D eigenvalue weighted by atomic mass is 9.85. The van der Waals surface area contributed by atoms with Gasteiger partial charge >= 0.3 is 0 Å². The molecule has 1 aliphatic rings. The maximum atomic E-state index is 11.0. The van der Waals surface area contributed by atoms with Gasteiger partial charge in [0.05, 0.1) is 0 Å². The highest BCUT2D eigenvalue weighted by atomic mass is 32.2. The number of rotatable bonds is 5. The first-order valence-electron chi connectivity index (χ1n) is 4.73. The van der Waals surface area contributed by atoms with Crippen LogP contribution in [0, 0.1) is 5.92 Å². The number of hydrogen-bond donors (Lipinski definition) is 1. The van der Waals surface area contributed by atoms with Gasteiger partial charge in [0.15, 0.2) is 0 Å². The molecule has 0 amide bonds. The second kappa shape index (κ2) is 4.97. The predicted octanol–water partition coefficient (Wildman–Crippen LogP) is 1.14. The van der Waals surface area contributed by atoms with E-state index < -0.39 is 10.8 Å². The molecule has 0 spiro atoms. The maximum absolute atomic E-state index is 11.0. The van der Waals surface area contributed by atoms with E-state index in [1.165, 1.54) is 19.3 Å². The molecular weight excluding hydrogens is 170 g/mol. The number of nitrogens with one attached hydrogen (secondary N) is 1. The van der Waals surface area contributed by atoms with Crippen molar-refractivity contribution >= 4 is 10.8 Å². The largest absolute Gasteiger partial charge is 0.315 e. The van der Waals surface area contributed by atoms with Crippen LogP contribution in [0.2, 0.25) is 0 Å². The zero-order valence-corrected chi connectivity index (χ0v) is 8.82. The van der Waals surface area contributed by atoms with Gasteiger partial charge in [0, 0.05) is 28.9 Å². The second-order valence-electron chi connectivity index (χ2n) is 3.76. The molecule has 1 fully saturated rings. The standard InChI is InChI=1S/C9H19NOS/c1-8(12(2)11)6-10-7-9-4-3-5-9/h8-10H,3-7H2,1-2H3. The molecule has 0 aromatic rings. The zero-order valence-electron chi connectivity index (χ0n) is 8.01. The van der Waals surface area contributed by atoms with Crippen molar-refractivity contribution in [1.82, 2.24) is 5.32 Å². The first-order valence-corrected chi connectivity index (χ1v) is 6.35. The van der Waals surface area contributed by atoms with Gasteiger partial charge in [-0.3, -0.25) is 4.21 Å². The van der Waals surface area contributed by atoms with E-state index in [0.717, 1.165) is 19.0 Å². The summed E-state index contributed by atoms with van der Waals surface area (Å²) in [5.41, 5.74) is 0. The minimum atomic E-state index is -0.671. The van der Waals surface area contributed by atoms with Crippen LogP contribution >= 0.6 is 0 Å². The van der Waals surface area contributed by atoms with Crippen LogP contribution in [0.3, 0.4) is 0 Å². The van der Waals surface area contributed by atoms with Crippen molar-refractivity contribution in [3.05, 3.63) is 0 Å². The van der Waals surface area contributed by atoms with Crippen molar-refractivity contribution in [1.29, 1.82) is 0 Å². The first kappa shape index (κ1) is 10.2. The van der Waals surface area contributed by atoms with Crippen LogP contribution in [0.1, 0.15) is 26.2 Å². The van der Waals surface area contributed by atoms with Crippen molar-refractivity contribution in [3.63, 3.8) is 0 Å². The summed E-state index contributed by atoms with van der Waals surface area (Å²) in [7, 11) is -0.671. The molecule has 12 heavy (non-hydrogen) atoms. The van der Waals surface area contributed by atoms with Gasteiger partial charge in [-0.2, -0.15) is 0 Å². The quantitative estimate of drug-likeness (QED) is 0.703. The van der Waals surface area contributed by atoms with Crippen molar-refractivity contribution in [2.45, 2.75) is 31.4 Å². The molecule has 1 aliphatic carbocycles. The Morgan fingerprint density at radius 1 is 1.58 bits per heavy atom. The van der Waals surface area contributed by atoms with Crippen molar-refractivity contribution in [2.75, 3.05) is 19.3 Å². The van der Waals surface area contributed by atoms with E-state index in [9.17, 15) is 4.21 Å². The summed E-state index contributed by atoms with van der Waals surface area (Å²) >= 11 is 0. The smallest absolute Gasteiger partial charge is 0.0441 e. The highest BCUT2D eigenvalue weighted by molar-refractivity contribution is 7.84. The summed E-state index contributed by atoms with van der Waals surface area (Å²) in [5, 5.41) is 3.67. The Morgan fingerprint density at radius 2 is 2.25 bits per heavy atom. The second-order valence-corrected chi connectivity index (χ2v) is 5.57. The van der Waals surface area contributed by atoms with E-state index in [4.69, 9.17) is 0 Å². The Kier molecular flexibility index (Phi) is 4.22. The molecule has 1 N–H and O–H groups in total. The third kappa shape index (κ3) is 3.23. The third-order valence-electron chi connectivity index (χ3n) is 2.66. The van der Waals surface area contributed by atoms with Crippen LogP contribution in [-0.4, -0.2) is 28.8 Å². The van der Waals surface area contributed by atoms with E-state index in [0.29, 0.717) is 5.25 Å². The third-order valence-corrected chi connectivity index (χ3v) is 3.96. The lowest BCUT2D eigenvalue weighted by Gasteiger charge is -2.26. The van der Waals surface area contributed by atoms with E-state index in [1.54, 1.807) is 6.26 Å². The van der Waals surface area contributed by atoms with E-state index in [-0.39, 0.29) is 0 Å². The molecule has 2 nitrogen and oxygen atoms in total. The fourth-order valence-corrected chi connectivity index (χ4v) is 1.66. The average molecular weight is 189 g/mol. The molecule has 0 aromatic heterocycles. The minimum absolute atomic E-state index is 0.296. The highest BCUT2D eigenvalue weighted by Gasteiger charge is 2.16. The lowest BCUT2D eigenvalue weighted by Crippen LogP contribution is -2.33. The Bertz CT molecular complexity index is 157. The predicted molar refractivity (Wildman–Crippen MR) is 53.7 cm³/mol. The molecule has 2 atom stereocenters. The fraction of sp³-hybridized carbons (Fsp3) is 1.00. The van der Waals surface area contributed by atoms with Gasteiger partial charge in [-0.25, -0.2) is 0 Å². The summed E-state index contributed by atoms with van der Waals surface area (Å²) < 4.78 is 11.0. The van der Waals surface area contributed by atoms with Crippen LogP contribution in [-0.2, 0) is 10.8 Å². The van der Waals surface area contributed by atoms with Crippen LogP contribution in [0.5, 0.6) is 0 Å².